The van der Waals surface area contributed by atoms with E-state index in [0.717, 1.165) is 13.1 Å². The molecule has 1 saturated heterocycles. The van der Waals surface area contributed by atoms with Gasteiger partial charge in [0, 0.05) is 12.6 Å². The second kappa shape index (κ2) is 5.88. The molecule has 20 heavy (non-hydrogen) atoms. The Balaban J connectivity index is 1.85. The molecule has 1 amide bonds. The van der Waals surface area contributed by atoms with E-state index in [4.69, 9.17) is 0 Å². The van der Waals surface area contributed by atoms with Gasteiger partial charge in [0.2, 0.25) is 5.91 Å². The van der Waals surface area contributed by atoms with Crippen LogP contribution in [0.3, 0.4) is 0 Å². The first-order valence-electron chi connectivity index (χ1n) is 8.04. The standard InChI is InChI=1S/C17H30N2O/c1-6-19-9-7-8-13(19)11-18-16(20)15-14(10-12(2)3)17(15,4)5/h10,13-15H,6-9,11H2,1-5H3,(H,18,20). The van der Waals surface area contributed by atoms with E-state index in [0.29, 0.717) is 12.0 Å². The lowest BCUT2D eigenvalue weighted by atomic mass is 10.1. The van der Waals surface area contributed by atoms with E-state index in [1.807, 2.05) is 0 Å². The molecule has 0 spiro atoms. The van der Waals surface area contributed by atoms with E-state index in [-0.39, 0.29) is 17.2 Å². The molecule has 1 N–H and O–H groups in total. The van der Waals surface area contributed by atoms with Gasteiger partial charge in [0.05, 0.1) is 5.92 Å². The fourth-order valence-electron chi connectivity index (χ4n) is 3.72. The Hall–Kier alpha value is -0.830. The molecule has 3 heteroatoms. The minimum Gasteiger partial charge on any atom is -0.354 e. The number of amides is 1. The first-order valence-corrected chi connectivity index (χ1v) is 8.04. The zero-order valence-corrected chi connectivity index (χ0v) is 13.7. The maximum Gasteiger partial charge on any atom is 0.224 e. The Labute approximate surface area is 123 Å². The van der Waals surface area contributed by atoms with E-state index in [2.05, 4.69) is 50.9 Å². The summed E-state index contributed by atoms with van der Waals surface area (Å²) in [5.41, 5.74) is 1.44. The number of nitrogens with one attached hydrogen (secondary N) is 1. The van der Waals surface area contributed by atoms with Gasteiger partial charge in [-0.25, -0.2) is 0 Å². The van der Waals surface area contributed by atoms with Crippen LogP contribution < -0.4 is 5.32 Å². The van der Waals surface area contributed by atoms with Crippen molar-refractivity contribution in [3.8, 4) is 0 Å². The molecule has 0 aromatic heterocycles. The number of allylic oxidation sites excluding steroid dienone is 2. The molecule has 1 saturated carbocycles. The van der Waals surface area contributed by atoms with E-state index in [1.54, 1.807) is 0 Å². The fourth-order valence-corrected chi connectivity index (χ4v) is 3.72. The number of carbonyl (C=O) groups is 1. The van der Waals surface area contributed by atoms with Gasteiger partial charge in [-0.2, -0.15) is 0 Å². The largest absolute Gasteiger partial charge is 0.354 e. The van der Waals surface area contributed by atoms with Crippen molar-refractivity contribution in [2.75, 3.05) is 19.6 Å². The van der Waals surface area contributed by atoms with Gasteiger partial charge in [-0.15, -0.1) is 0 Å². The highest BCUT2D eigenvalue weighted by Gasteiger charge is 2.60. The summed E-state index contributed by atoms with van der Waals surface area (Å²) in [6, 6.07) is 0.549. The van der Waals surface area contributed by atoms with Gasteiger partial charge in [0.15, 0.2) is 0 Å². The maximum absolute atomic E-state index is 12.4. The highest BCUT2D eigenvalue weighted by molar-refractivity contribution is 5.83. The van der Waals surface area contributed by atoms with Gasteiger partial charge in [0.1, 0.15) is 0 Å². The molecule has 0 radical (unpaired) electrons. The lowest BCUT2D eigenvalue weighted by Crippen LogP contribution is -2.41. The molecule has 3 unspecified atom stereocenters. The summed E-state index contributed by atoms with van der Waals surface area (Å²) in [5, 5.41) is 3.20. The zero-order chi connectivity index (χ0) is 14.9. The predicted octanol–water partition coefficient (Wildman–Crippen LogP) is 2.83. The summed E-state index contributed by atoms with van der Waals surface area (Å²) < 4.78 is 0. The summed E-state index contributed by atoms with van der Waals surface area (Å²) in [7, 11) is 0. The van der Waals surface area contributed by atoms with Crippen molar-refractivity contribution in [1.29, 1.82) is 0 Å². The number of hydrogen-bond donors (Lipinski definition) is 1. The van der Waals surface area contributed by atoms with E-state index < -0.39 is 0 Å². The monoisotopic (exact) mass is 278 g/mol. The third-order valence-corrected chi connectivity index (χ3v) is 5.12. The molecule has 1 aliphatic carbocycles. The average Bonchev–Trinajstić information content (AvgIpc) is 2.76. The normalized spacial score (nSPS) is 31.9. The van der Waals surface area contributed by atoms with Crippen LogP contribution in [-0.4, -0.2) is 36.5 Å². The Bertz CT molecular complexity index is 396. The number of likely N-dealkylation sites (N-methyl/N-ethyl adjacent to an activating group) is 1. The molecule has 2 aliphatic rings. The highest BCUT2D eigenvalue weighted by Crippen LogP contribution is 2.59. The van der Waals surface area contributed by atoms with Crippen LogP contribution in [-0.2, 0) is 4.79 Å². The first kappa shape index (κ1) is 15.6. The van der Waals surface area contributed by atoms with Gasteiger partial charge in [0.25, 0.3) is 0 Å². The lowest BCUT2D eigenvalue weighted by molar-refractivity contribution is -0.123. The quantitative estimate of drug-likeness (QED) is 0.784. The molecular formula is C17H30N2O. The van der Waals surface area contributed by atoms with Crippen molar-refractivity contribution >= 4 is 5.91 Å². The second-order valence-electron chi connectivity index (χ2n) is 7.24. The summed E-state index contributed by atoms with van der Waals surface area (Å²) in [6.07, 6.45) is 4.75. The average molecular weight is 278 g/mol. The van der Waals surface area contributed by atoms with Crippen LogP contribution in [0.2, 0.25) is 0 Å². The molecule has 1 heterocycles. The van der Waals surface area contributed by atoms with Crippen molar-refractivity contribution < 1.29 is 4.79 Å². The molecule has 2 fully saturated rings. The molecular weight excluding hydrogens is 248 g/mol. The van der Waals surface area contributed by atoms with Crippen molar-refractivity contribution in [3.05, 3.63) is 11.6 Å². The molecule has 3 nitrogen and oxygen atoms in total. The number of nitrogens with zero attached hydrogens (tertiary/aromatic N) is 1. The minimum atomic E-state index is 0.126. The smallest absolute Gasteiger partial charge is 0.224 e. The molecule has 0 bridgehead atoms. The van der Waals surface area contributed by atoms with Crippen molar-refractivity contribution in [3.63, 3.8) is 0 Å². The SMILES string of the molecule is CCN1CCCC1CNC(=O)C1C(C=C(C)C)C1(C)C. The first-order chi connectivity index (χ1) is 9.37. The van der Waals surface area contributed by atoms with Crippen LogP contribution in [0, 0.1) is 17.3 Å². The summed E-state index contributed by atoms with van der Waals surface area (Å²) >= 11 is 0. The predicted molar refractivity (Wildman–Crippen MR) is 83.5 cm³/mol. The topological polar surface area (TPSA) is 32.3 Å². The van der Waals surface area contributed by atoms with Gasteiger partial charge in [-0.05, 0) is 51.1 Å². The molecule has 1 aliphatic heterocycles. The molecule has 0 aromatic rings. The van der Waals surface area contributed by atoms with Crippen LogP contribution >= 0.6 is 0 Å². The second-order valence-corrected chi connectivity index (χ2v) is 7.24. The Morgan fingerprint density at radius 1 is 1.40 bits per heavy atom. The zero-order valence-electron chi connectivity index (χ0n) is 13.7. The third-order valence-electron chi connectivity index (χ3n) is 5.12. The summed E-state index contributed by atoms with van der Waals surface area (Å²) in [4.78, 5) is 14.9. The number of hydrogen-bond acceptors (Lipinski definition) is 2. The van der Waals surface area contributed by atoms with Crippen molar-refractivity contribution in [2.45, 2.75) is 53.5 Å². The van der Waals surface area contributed by atoms with Crippen molar-refractivity contribution in [1.82, 2.24) is 10.2 Å². The Morgan fingerprint density at radius 3 is 2.70 bits per heavy atom. The maximum atomic E-state index is 12.4. The van der Waals surface area contributed by atoms with Crippen LogP contribution in [0.5, 0.6) is 0 Å². The third kappa shape index (κ3) is 3.08. The fraction of sp³-hybridized carbons (Fsp3) is 0.824. The van der Waals surface area contributed by atoms with Crippen LogP contribution in [0.4, 0.5) is 0 Å². The lowest BCUT2D eigenvalue weighted by Gasteiger charge is -2.23. The summed E-state index contributed by atoms with van der Waals surface area (Å²) in [6.45, 7) is 13.9. The van der Waals surface area contributed by atoms with E-state index >= 15 is 0 Å². The summed E-state index contributed by atoms with van der Waals surface area (Å²) in [5.74, 6) is 0.827. The number of rotatable bonds is 5. The molecule has 114 valence electrons. The van der Waals surface area contributed by atoms with E-state index in [1.165, 1.54) is 25.0 Å². The molecule has 0 aromatic carbocycles. The number of likely N-dealkylation sites (tertiary alicyclic amines) is 1. The van der Waals surface area contributed by atoms with Gasteiger partial charge < -0.3 is 5.32 Å². The Kier molecular flexibility index (Phi) is 4.58. The van der Waals surface area contributed by atoms with Crippen molar-refractivity contribution in [2.24, 2.45) is 17.3 Å². The Morgan fingerprint density at radius 2 is 2.10 bits per heavy atom. The van der Waals surface area contributed by atoms with Gasteiger partial charge in [-0.3, -0.25) is 9.69 Å². The molecule has 2 rings (SSSR count). The van der Waals surface area contributed by atoms with Gasteiger partial charge >= 0.3 is 0 Å². The van der Waals surface area contributed by atoms with Gasteiger partial charge in [-0.1, -0.05) is 32.4 Å². The molecule has 3 atom stereocenters. The van der Waals surface area contributed by atoms with E-state index in [9.17, 15) is 4.79 Å². The highest BCUT2D eigenvalue weighted by atomic mass is 16.2. The number of carbonyl (C=O) groups excluding carboxylic acids is 1. The van der Waals surface area contributed by atoms with Crippen LogP contribution in [0.1, 0.15) is 47.5 Å². The minimum absolute atomic E-state index is 0.126. The van der Waals surface area contributed by atoms with Crippen LogP contribution in [0.15, 0.2) is 11.6 Å². The van der Waals surface area contributed by atoms with Crippen LogP contribution in [0.25, 0.3) is 0 Å².